The van der Waals surface area contributed by atoms with Crippen molar-refractivity contribution in [2.45, 2.75) is 31.5 Å². The maximum Gasteiger partial charge on any atom is 0.162 e. The number of benzene rings is 4. The third kappa shape index (κ3) is 4.26. The zero-order valence-corrected chi connectivity index (χ0v) is 22.3. The predicted molar refractivity (Wildman–Crippen MR) is 152 cm³/mol. The Kier molecular flexibility index (Phi) is 6.06. The number of hydrogen-bond acceptors (Lipinski definition) is 3. The van der Waals surface area contributed by atoms with E-state index in [1.165, 1.54) is 16.7 Å². The molecule has 4 aromatic carbocycles. The molecule has 2 aliphatic heterocycles. The minimum Gasteiger partial charge on any atom is -0.493 e. The quantitative estimate of drug-likeness (QED) is 0.248. The monoisotopic (exact) mass is 538 g/mol. The Bertz CT molecular complexity index is 1670. The molecule has 2 aliphatic rings. The highest BCUT2D eigenvalue weighted by molar-refractivity contribution is 6.31. The summed E-state index contributed by atoms with van der Waals surface area (Å²) in [7, 11) is 1.69. The highest BCUT2D eigenvalue weighted by Gasteiger charge is 2.41. The highest BCUT2D eigenvalue weighted by atomic mass is 35.5. The van der Waals surface area contributed by atoms with Gasteiger partial charge in [-0.15, -0.1) is 0 Å². The first-order valence-electron chi connectivity index (χ1n) is 13.3. The van der Waals surface area contributed by atoms with Gasteiger partial charge in [-0.3, -0.25) is 4.90 Å². The topological polar surface area (TPSA) is 37.5 Å². The molecule has 6 heteroatoms. The molecule has 2 unspecified atom stereocenters. The number of ether oxygens (including phenoxy) is 2. The van der Waals surface area contributed by atoms with Crippen molar-refractivity contribution >= 4 is 22.5 Å². The van der Waals surface area contributed by atoms with Gasteiger partial charge in [0.1, 0.15) is 12.4 Å². The molecule has 1 aromatic heterocycles. The molecule has 0 fully saturated rings. The van der Waals surface area contributed by atoms with E-state index in [-0.39, 0.29) is 17.9 Å². The molecule has 0 saturated heterocycles. The number of hydrogen-bond donors (Lipinski definition) is 1. The van der Waals surface area contributed by atoms with Crippen LogP contribution in [0, 0.1) is 5.82 Å². The van der Waals surface area contributed by atoms with E-state index in [9.17, 15) is 4.39 Å². The Morgan fingerprint density at radius 1 is 0.974 bits per heavy atom. The zero-order chi connectivity index (χ0) is 26.5. The van der Waals surface area contributed by atoms with Gasteiger partial charge < -0.3 is 14.5 Å². The van der Waals surface area contributed by atoms with Crippen LogP contribution in [0.5, 0.6) is 11.5 Å². The van der Waals surface area contributed by atoms with Gasteiger partial charge in [0.25, 0.3) is 0 Å². The fourth-order valence-corrected chi connectivity index (χ4v) is 6.50. The second-order valence-electron chi connectivity index (χ2n) is 10.3. The third-order valence-corrected chi connectivity index (χ3v) is 8.39. The number of H-pyrrole nitrogens is 1. The van der Waals surface area contributed by atoms with Gasteiger partial charge in [-0.05, 0) is 83.1 Å². The summed E-state index contributed by atoms with van der Waals surface area (Å²) in [4.78, 5) is 6.24. The Morgan fingerprint density at radius 2 is 1.79 bits per heavy atom. The van der Waals surface area contributed by atoms with Crippen molar-refractivity contribution in [1.82, 2.24) is 9.88 Å². The van der Waals surface area contributed by atoms with Gasteiger partial charge in [0.15, 0.2) is 11.5 Å². The van der Waals surface area contributed by atoms with E-state index in [2.05, 4.69) is 40.2 Å². The number of aromatic nitrogens is 1. The van der Waals surface area contributed by atoms with E-state index in [4.69, 9.17) is 21.1 Å². The molecular formula is C33H28ClFN2O2. The maximum absolute atomic E-state index is 13.9. The lowest BCUT2D eigenvalue weighted by Crippen LogP contribution is -2.43. The van der Waals surface area contributed by atoms with Crippen LogP contribution in [0.15, 0.2) is 84.9 Å². The van der Waals surface area contributed by atoms with Crippen molar-refractivity contribution in [3.05, 3.63) is 129 Å². The first-order valence-corrected chi connectivity index (χ1v) is 13.7. The Hall–Kier alpha value is -3.80. The van der Waals surface area contributed by atoms with Crippen LogP contribution in [-0.2, 0) is 19.4 Å². The van der Waals surface area contributed by atoms with Crippen LogP contribution >= 0.6 is 11.6 Å². The van der Waals surface area contributed by atoms with Crippen LogP contribution in [-0.4, -0.2) is 23.5 Å². The molecule has 4 nitrogen and oxygen atoms in total. The molecule has 1 N–H and O–H groups in total. The summed E-state index contributed by atoms with van der Waals surface area (Å²) >= 11 is 6.45. The number of fused-ring (bicyclic) bond motifs is 6. The first-order chi connectivity index (χ1) is 19.1. The molecule has 5 aromatic rings. The summed E-state index contributed by atoms with van der Waals surface area (Å²) < 4.78 is 26.0. The zero-order valence-electron chi connectivity index (χ0n) is 21.6. The van der Waals surface area contributed by atoms with Crippen LogP contribution in [0.25, 0.3) is 10.9 Å². The first kappa shape index (κ1) is 24.3. The van der Waals surface area contributed by atoms with Crippen molar-refractivity contribution < 1.29 is 13.9 Å². The molecular weight excluding hydrogens is 511 g/mol. The number of nitrogens with one attached hydrogen (secondary N) is 1. The molecule has 2 atom stereocenters. The Morgan fingerprint density at radius 3 is 2.59 bits per heavy atom. The van der Waals surface area contributed by atoms with Gasteiger partial charge in [0, 0.05) is 34.2 Å². The number of nitrogens with zero attached hydrogens (tertiary/aromatic N) is 1. The lowest BCUT2D eigenvalue weighted by Gasteiger charge is -2.46. The molecule has 0 aliphatic carbocycles. The minimum atomic E-state index is -0.231. The standard InChI is InChI=1S/C33H28ClFN2O2/c1-38-30-15-22-13-14-37-29(25(22)18-31(30)39-19-20-5-3-2-4-6-20)17-27-26-16-23(34)9-12-28(26)36-32(27)33(37)21-7-10-24(35)11-8-21/h2-12,15-16,18,29,33,36H,13-14,17,19H2,1H3. The Balaban J connectivity index is 1.35. The lowest BCUT2D eigenvalue weighted by atomic mass is 9.80. The fourth-order valence-electron chi connectivity index (χ4n) is 6.33. The lowest BCUT2D eigenvalue weighted by molar-refractivity contribution is 0.127. The molecule has 0 amide bonds. The van der Waals surface area contributed by atoms with E-state index in [1.807, 2.05) is 42.5 Å². The van der Waals surface area contributed by atoms with E-state index in [0.29, 0.717) is 6.61 Å². The van der Waals surface area contributed by atoms with Gasteiger partial charge in [-0.2, -0.15) is 0 Å². The largest absolute Gasteiger partial charge is 0.493 e. The molecule has 0 bridgehead atoms. The summed E-state index contributed by atoms with van der Waals surface area (Å²) in [6, 6.07) is 27.5. The van der Waals surface area contributed by atoms with Crippen molar-refractivity contribution in [2.24, 2.45) is 0 Å². The number of methoxy groups -OCH3 is 1. The summed E-state index contributed by atoms with van der Waals surface area (Å²) in [5.74, 6) is 1.27. The van der Waals surface area contributed by atoms with Crippen molar-refractivity contribution in [3.63, 3.8) is 0 Å². The predicted octanol–water partition coefficient (Wildman–Crippen LogP) is 7.79. The smallest absolute Gasteiger partial charge is 0.162 e. The van der Waals surface area contributed by atoms with Gasteiger partial charge in [0.05, 0.1) is 13.2 Å². The van der Waals surface area contributed by atoms with Crippen LogP contribution in [0.3, 0.4) is 0 Å². The van der Waals surface area contributed by atoms with E-state index < -0.39 is 0 Å². The molecule has 0 saturated carbocycles. The minimum absolute atomic E-state index is 0.0329. The van der Waals surface area contributed by atoms with Crippen molar-refractivity contribution in [1.29, 1.82) is 0 Å². The molecule has 39 heavy (non-hydrogen) atoms. The summed E-state index contributed by atoms with van der Waals surface area (Å²) in [6.07, 6.45) is 1.73. The molecule has 196 valence electrons. The fraction of sp³-hybridized carbons (Fsp3) is 0.212. The number of aromatic amines is 1. The third-order valence-electron chi connectivity index (χ3n) is 8.15. The molecule has 7 rings (SSSR count). The second kappa shape index (κ2) is 9.74. The summed E-state index contributed by atoms with van der Waals surface area (Å²) in [5, 5.41) is 1.86. The van der Waals surface area contributed by atoms with Crippen LogP contribution in [0.1, 0.15) is 45.6 Å². The van der Waals surface area contributed by atoms with Crippen molar-refractivity contribution in [2.75, 3.05) is 13.7 Å². The van der Waals surface area contributed by atoms with E-state index in [1.54, 1.807) is 19.2 Å². The van der Waals surface area contributed by atoms with Crippen LogP contribution < -0.4 is 9.47 Å². The average molecular weight is 539 g/mol. The van der Waals surface area contributed by atoms with Crippen LogP contribution in [0.4, 0.5) is 4.39 Å². The number of rotatable bonds is 5. The van der Waals surface area contributed by atoms with Gasteiger partial charge in [-0.1, -0.05) is 54.1 Å². The summed E-state index contributed by atoms with van der Waals surface area (Å²) in [5.41, 5.74) is 8.19. The molecule has 3 heterocycles. The van der Waals surface area contributed by atoms with Gasteiger partial charge in [0.2, 0.25) is 0 Å². The normalized spacial score (nSPS) is 18.3. The number of halogens is 2. The second-order valence-corrected chi connectivity index (χ2v) is 10.8. The van der Waals surface area contributed by atoms with Crippen LogP contribution in [0.2, 0.25) is 5.02 Å². The van der Waals surface area contributed by atoms with E-state index >= 15 is 0 Å². The summed E-state index contributed by atoms with van der Waals surface area (Å²) in [6.45, 7) is 1.34. The van der Waals surface area contributed by atoms with E-state index in [0.717, 1.165) is 63.6 Å². The maximum atomic E-state index is 13.9. The highest BCUT2D eigenvalue weighted by Crippen LogP contribution is 2.50. The van der Waals surface area contributed by atoms with Gasteiger partial charge in [-0.25, -0.2) is 4.39 Å². The average Bonchev–Trinajstić information content (AvgIpc) is 3.32. The molecule has 0 radical (unpaired) electrons. The van der Waals surface area contributed by atoms with Crippen molar-refractivity contribution in [3.8, 4) is 11.5 Å². The molecule has 0 spiro atoms. The Labute approximate surface area is 231 Å². The van der Waals surface area contributed by atoms with Gasteiger partial charge >= 0.3 is 0 Å². The SMILES string of the molecule is COc1cc2c(cc1OCc1ccccc1)C1Cc3c([nH]c4ccc(Cl)cc34)C(c3ccc(F)cc3)N1CC2.